The standard InChI is InChI=1S/Hg.In.Na.Tl.4H. The number of rotatable bonds is 0. The summed E-state index contributed by atoms with van der Waals surface area (Å²) >= 11 is 0. The van der Waals surface area contributed by atoms with Crippen LogP contribution in [0.2, 0.25) is 0 Å². The molecule has 0 saturated carbocycles. The first-order chi connectivity index (χ1) is 0. The summed E-state index contributed by atoms with van der Waals surface area (Å²) in [6.45, 7) is 0. The van der Waals surface area contributed by atoms with E-state index in [0.29, 0.717) is 0 Å². The van der Waals surface area contributed by atoms with Gasteiger partial charge in [0.25, 0.3) is 0 Å². The van der Waals surface area contributed by atoms with E-state index in [9.17, 15) is 0 Å². The van der Waals surface area contributed by atoms with Crippen molar-refractivity contribution in [2.75, 3.05) is 0 Å². The summed E-state index contributed by atoms with van der Waals surface area (Å²) in [6, 6.07) is 0. The van der Waals surface area contributed by atoms with Gasteiger partial charge in [-0.2, -0.15) is 0 Å². The van der Waals surface area contributed by atoms with Gasteiger partial charge in [0.05, 0.1) is 0 Å². The van der Waals surface area contributed by atoms with Crippen LogP contribution in [-0.2, 0) is 27.7 Å². The van der Waals surface area contributed by atoms with Crippen molar-refractivity contribution < 1.29 is 27.7 Å². The molecule has 0 bridgehead atoms. The summed E-state index contributed by atoms with van der Waals surface area (Å²) in [5, 5.41) is 0. The molecule has 0 N–H and O–H groups in total. The van der Waals surface area contributed by atoms with Gasteiger partial charge in [0.2, 0.25) is 0 Å². The molecule has 0 unspecified atom stereocenters. The van der Waals surface area contributed by atoms with E-state index < -0.39 is 0 Å². The van der Waals surface area contributed by atoms with E-state index >= 15 is 0 Å². The molecule has 0 rings (SSSR count). The molecule has 0 spiro atoms. The Kier molecular flexibility index (Phi) is 100.0. The fourth-order valence-electron chi connectivity index (χ4n) is 0. The van der Waals surface area contributed by atoms with Crippen molar-refractivity contribution in [2.24, 2.45) is 0 Å². The maximum Gasteiger partial charge on any atom is 0 e. The zero-order valence-corrected chi connectivity index (χ0v) is 11.3. The first-order valence-corrected chi connectivity index (χ1v) is 0. The number of hydrogen-bond donors (Lipinski definition) is 0. The third-order valence-electron chi connectivity index (χ3n) is 0. The third-order valence-corrected chi connectivity index (χ3v) is 0. The zero-order valence-electron chi connectivity index (χ0n) is 1.28. The van der Waals surface area contributed by atoms with Gasteiger partial charge in [-0.15, -0.1) is 0 Å². The summed E-state index contributed by atoms with van der Waals surface area (Å²) < 4.78 is 0. The van der Waals surface area contributed by atoms with Gasteiger partial charge in [-0.1, -0.05) is 0 Å². The predicted octanol–water partition coefficient (Wildman–Crippen LogP) is -2.22. The Morgan fingerprint density at radius 2 is 1.00 bits per heavy atom. The molecule has 0 aliphatic heterocycles. The molecule has 0 aliphatic carbocycles. The predicted molar refractivity (Wildman–Crippen MR) is 22.8 cm³/mol. The maximum absolute atomic E-state index is 0. The Bertz CT molecular complexity index is 8.00. The van der Waals surface area contributed by atoms with Crippen molar-refractivity contribution in [3.05, 3.63) is 0 Å². The molecule has 1 radical (unpaired) electrons. The van der Waals surface area contributed by atoms with Crippen molar-refractivity contribution in [2.45, 2.75) is 0 Å². The minimum atomic E-state index is 0. The Labute approximate surface area is 108 Å². The van der Waals surface area contributed by atoms with Gasteiger partial charge in [-0.3, -0.25) is 0 Å². The molecule has 0 aromatic rings. The smallest absolute Gasteiger partial charge is 0 e. The van der Waals surface area contributed by atoms with E-state index in [0.717, 1.165) is 0 Å². The van der Waals surface area contributed by atoms with Gasteiger partial charge in [-0.05, 0) is 0 Å². The van der Waals surface area contributed by atoms with Crippen LogP contribution in [0.5, 0.6) is 0 Å². The zero-order chi connectivity index (χ0) is 0. The van der Waals surface area contributed by atoms with Crippen LogP contribution < -0.4 is 0 Å². The molecule has 4 heavy (non-hydrogen) atoms. The second-order valence-electron chi connectivity index (χ2n) is 0. The summed E-state index contributed by atoms with van der Waals surface area (Å²) in [7, 11) is 0. The quantitative estimate of drug-likeness (QED) is 0.302. The minimum Gasteiger partial charge on any atom is 0 e. The van der Waals surface area contributed by atoms with Crippen LogP contribution in [0.15, 0.2) is 0 Å². The van der Waals surface area contributed by atoms with Gasteiger partial charge in [0.1, 0.15) is 0 Å². The van der Waals surface area contributed by atoms with Gasteiger partial charge >= 0.3 is 55.4 Å². The molecule has 13 valence electrons. The summed E-state index contributed by atoms with van der Waals surface area (Å²) in [5.74, 6) is 0. The average Bonchev–Trinajstić information content (AvgIpc) is 0. The molecule has 4 heteroatoms. The molecule has 0 aromatic carbocycles. The van der Waals surface area contributed by atoms with E-state index in [1.54, 1.807) is 0 Å². The van der Waals surface area contributed by atoms with E-state index in [1.807, 2.05) is 0 Å². The third kappa shape index (κ3) is 9.21. The second-order valence-corrected chi connectivity index (χ2v) is 0. The van der Waals surface area contributed by atoms with Crippen LogP contribution in [-0.4, -0.2) is 82.7 Å². The van der Waals surface area contributed by atoms with E-state index in [4.69, 9.17) is 0 Å². The fraction of sp³-hybridized carbons (Fsp3) is 0. The second kappa shape index (κ2) is 15.9. The molecule has 0 atom stereocenters. The maximum atomic E-state index is 0. The molecule has 0 heterocycles. The van der Waals surface area contributed by atoms with Crippen molar-refractivity contribution in [1.29, 1.82) is 0 Å². The largest absolute Gasteiger partial charge is 0 e. The van der Waals surface area contributed by atoms with Crippen LogP contribution in [0.3, 0.4) is 0 Å². The molecule has 0 fully saturated rings. The molecular formula is H4HgInNaTl. The summed E-state index contributed by atoms with van der Waals surface area (Å²) in [5.41, 5.74) is 0. The molecule has 0 saturated heterocycles. The van der Waals surface area contributed by atoms with Crippen LogP contribution in [0.25, 0.3) is 0 Å². The van der Waals surface area contributed by atoms with Gasteiger partial charge in [-0.25, -0.2) is 0 Å². The Hall–Kier alpha value is 3.73. The van der Waals surface area contributed by atoms with Crippen LogP contribution in [0.4, 0.5) is 0 Å². The minimum absolute atomic E-state index is 0. The van der Waals surface area contributed by atoms with Crippen molar-refractivity contribution in [1.82, 2.24) is 0 Å². The van der Waals surface area contributed by atoms with Crippen LogP contribution in [0, 0.1) is 0 Å². The van der Waals surface area contributed by atoms with Gasteiger partial charge in [0.15, 0.2) is 0 Å². The van der Waals surface area contributed by atoms with Crippen molar-refractivity contribution in [3.8, 4) is 0 Å². The average molecular weight is 547 g/mol. The van der Waals surface area contributed by atoms with Crippen LogP contribution >= 0.6 is 0 Å². The first kappa shape index (κ1) is 25.2. The Balaban J connectivity index is 0. The first-order valence-electron chi connectivity index (χ1n) is 0. The summed E-state index contributed by atoms with van der Waals surface area (Å²) in [4.78, 5) is 0. The van der Waals surface area contributed by atoms with Crippen LogP contribution in [0.1, 0.15) is 0 Å². The van der Waals surface area contributed by atoms with Crippen molar-refractivity contribution >= 4 is 82.7 Å². The van der Waals surface area contributed by atoms with Gasteiger partial charge in [0, 0.05) is 55.0 Å². The molecule has 0 amide bonds. The van der Waals surface area contributed by atoms with E-state index in [-0.39, 0.29) is 110 Å². The van der Waals surface area contributed by atoms with Crippen molar-refractivity contribution in [3.63, 3.8) is 0 Å². The van der Waals surface area contributed by atoms with E-state index in [2.05, 4.69) is 0 Å². The topological polar surface area (TPSA) is 0 Å². The summed E-state index contributed by atoms with van der Waals surface area (Å²) in [6.07, 6.45) is 0. The van der Waals surface area contributed by atoms with Gasteiger partial charge < -0.3 is 0 Å². The van der Waals surface area contributed by atoms with E-state index in [1.165, 1.54) is 0 Å². The molecule has 0 nitrogen and oxygen atoms in total. The fourth-order valence-corrected chi connectivity index (χ4v) is 0. The Morgan fingerprint density at radius 3 is 1.00 bits per heavy atom. The molecule has 0 aliphatic rings. The normalized spacial score (nSPS) is 0. The monoisotopic (exact) mass is 549 g/mol. The SMILES string of the molecule is [Hg].[InH3].[NaH].[Tl]. The number of hydrogen-bond acceptors (Lipinski definition) is 0. The molecule has 0 aromatic heterocycles. The molecular weight excluding hydrogens is 543 g/mol. The Morgan fingerprint density at radius 1 is 1.00 bits per heavy atom.